The van der Waals surface area contributed by atoms with Gasteiger partial charge in [-0.15, -0.1) is 0 Å². The first-order valence-corrected chi connectivity index (χ1v) is 9.05. The third kappa shape index (κ3) is 6.44. The fourth-order valence-electron chi connectivity index (χ4n) is 2.44. The van der Waals surface area contributed by atoms with Gasteiger partial charge in [-0.05, 0) is 47.7 Å². The van der Waals surface area contributed by atoms with Crippen molar-refractivity contribution in [2.45, 2.75) is 39.7 Å². The lowest BCUT2D eigenvalue weighted by Gasteiger charge is -2.19. The van der Waals surface area contributed by atoms with Gasteiger partial charge in [-0.1, -0.05) is 45.0 Å². The summed E-state index contributed by atoms with van der Waals surface area (Å²) in [6.07, 6.45) is 0. The van der Waals surface area contributed by atoms with Crippen LogP contribution in [0.3, 0.4) is 0 Å². The van der Waals surface area contributed by atoms with Gasteiger partial charge in [0.2, 0.25) is 0 Å². The number of benzene rings is 2. The highest BCUT2D eigenvalue weighted by Gasteiger charge is 2.13. The molecule has 0 saturated heterocycles. The van der Waals surface area contributed by atoms with Crippen LogP contribution in [0.4, 0.5) is 0 Å². The molecule has 27 heavy (non-hydrogen) atoms. The van der Waals surface area contributed by atoms with E-state index in [1.165, 1.54) is 5.56 Å². The Hall–Kier alpha value is -2.82. The highest BCUT2D eigenvalue weighted by atomic mass is 16.5. The zero-order chi connectivity index (χ0) is 19.9. The molecule has 5 heteroatoms. The van der Waals surface area contributed by atoms with Crippen LogP contribution in [0.15, 0.2) is 48.5 Å². The second-order valence-corrected chi connectivity index (χ2v) is 7.25. The van der Waals surface area contributed by atoms with Crippen LogP contribution in [0.2, 0.25) is 0 Å². The normalized spacial score (nSPS) is 11.0. The molecule has 0 aliphatic heterocycles. The molecule has 0 aliphatic rings. The summed E-state index contributed by atoms with van der Waals surface area (Å²) in [5, 5.41) is 2.56. The van der Waals surface area contributed by atoms with Crippen LogP contribution in [0.25, 0.3) is 0 Å². The standard InChI is InChI=1S/C22H27NO4/c1-5-26-19-12-8-17(9-13-19)21(25)23-14-20(24)27-15-16-6-10-18(11-7-16)22(2,3)4/h6-13H,5,14-15H2,1-4H3,(H,23,25). The Kier molecular flexibility index (Phi) is 6.99. The lowest BCUT2D eigenvalue weighted by Crippen LogP contribution is -2.30. The van der Waals surface area contributed by atoms with Crippen LogP contribution in [0.5, 0.6) is 5.75 Å². The van der Waals surface area contributed by atoms with Gasteiger partial charge in [0.1, 0.15) is 18.9 Å². The number of esters is 1. The van der Waals surface area contributed by atoms with Gasteiger partial charge in [0.15, 0.2) is 0 Å². The lowest BCUT2D eigenvalue weighted by atomic mass is 9.87. The molecule has 0 spiro atoms. The monoisotopic (exact) mass is 369 g/mol. The summed E-state index contributed by atoms with van der Waals surface area (Å²) >= 11 is 0. The minimum atomic E-state index is -0.478. The minimum absolute atomic E-state index is 0.0837. The van der Waals surface area contributed by atoms with Crippen molar-refractivity contribution < 1.29 is 19.1 Å². The van der Waals surface area contributed by atoms with Crippen molar-refractivity contribution in [1.82, 2.24) is 5.32 Å². The van der Waals surface area contributed by atoms with Gasteiger partial charge in [-0.25, -0.2) is 0 Å². The quantitative estimate of drug-likeness (QED) is 0.753. The zero-order valence-corrected chi connectivity index (χ0v) is 16.4. The van der Waals surface area contributed by atoms with E-state index in [-0.39, 0.29) is 24.5 Å². The summed E-state index contributed by atoms with van der Waals surface area (Å²) in [5.41, 5.74) is 2.68. The van der Waals surface area contributed by atoms with Gasteiger partial charge in [-0.3, -0.25) is 9.59 Å². The maximum atomic E-state index is 12.1. The summed E-state index contributed by atoms with van der Waals surface area (Å²) in [4.78, 5) is 23.9. The van der Waals surface area contributed by atoms with Gasteiger partial charge in [0, 0.05) is 5.56 Å². The minimum Gasteiger partial charge on any atom is -0.494 e. The molecule has 2 rings (SSSR count). The molecule has 0 heterocycles. The van der Waals surface area contributed by atoms with Crippen molar-refractivity contribution in [2.24, 2.45) is 0 Å². The molecular formula is C22H27NO4. The summed E-state index contributed by atoms with van der Waals surface area (Å²) in [5.74, 6) is -0.107. The van der Waals surface area contributed by atoms with Crippen molar-refractivity contribution >= 4 is 11.9 Å². The van der Waals surface area contributed by atoms with Gasteiger partial charge in [0.05, 0.1) is 6.61 Å². The third-order valence-corrected chi connectivity index (χ3v) is 4.04. The van der Waals surface area contributed by atoms with Crippen molar-refractivity contribution in [3.05, 3.63) is 65.2 Å². The van der Waals surface area contributed by atoms with E-state index >= 15 is 0 Å². The van der Waals surface area contributed by atoms with Crippen LogP contribution in [-0.4, -0.2) is 25.0 Å². The van der Waals surface area contributed by atoms with Crippen LogP contribution >= 0.6 is 0 Å². The van der Waals surface area contributed by atoms with Crippen LogP contribution < -0.4 is 10.1 Å². The summed E-state index contributed by atoms with van der Waals surface area (Å²) in [6, 6.07) is 14.7. The van der Waals surface area contributed by atoms with Crippen LogP contribution in [0, 0.1) is 0 Å². The topological polar surface area (TPSA) is 64.6 Å². The average Bonchev–Trinajstić information content (AvgIpc) is 2.65. The van der Waals surface area contributed by atoms with Crippen molar-refractivity contribution in [3.63, 3.8) is 0 Å². The van der Waals surface area contributed by atoms with E-state index in [1.54, 1.807) is 24.3 Å². The predicted octanol–water partition coefficient (Wildman–Crippen LogP) is 3.86. The van der Waals surface area contributed by atoms with E-state index < -0.39 is 5.97 Å². The second-order valence-electron chi connectivity index (χ2n) is 7.25. The van der Waals surface area contributed by atoms with Gasteiger partial charge in [-0.2, -0.15) is 0 Å². The zero-order valence-electron chi connectivity index (χ0n) is 16.4. The summed E-state index contributed by atoms with van der Waals surface area (Å²) < 4.78 is 10.6. The molecule has 1 N–H and O–H groups in total. The van der Waals surface area contributed by atoms with Crippen LogP contribution in [0.1, 0.15) is 49.2 Å². The summed E-state index contributed by atoms with van der Waals surface area (Å²) in [6.45, 7) is 8.91. The van der Waals surface area contributed by atoms with Crippen molar-refractivity contribution in [1.29, 1.82) is 0 Å². The number of hydrogen-bond donors (Lipinski definition) is 1. The van der Waals surface area contributed by atoms with E-state index in [4.69, 9.17) is 9.47 Å². The molecule has 2 aromatic carbocycles. The molecule has 144 valence electrons. The number of amides is 1. The predicted molar refractivity (Wildman–Crippen MR) is 105 cm³/mol. The molecular weight excluding hydrogens is 342 g/mol. The highest BCUT2D eigenvalue weighted by molar-refractivity contribution is 5.96. The Morgan fingerprint density at radius 2 is 1.59 bits per heavy atom. The molecule has 0 atom stereocenters. The first-order valence-electron chi connectivity index (χ1n) is 9.05. The Morgan fingerprint density at radius 1 is 0.963 bits per heavy atom. The Labute approximate surface area is 160 Å². The van der Waals surface area contributed by atoms with Gasteiger partial charge < -0.3 is 14.8 Å². The number of carbonyl (C=O) groups is 2. The lowest BCUT2D eigenvalue weighted by molar-refractivity contribution is -0.143. The van der Waals surface area contributed by atoms with E-state index in [2.05, 4.69) is 26.1 Å². The number of hydrogen-bond acceptors (Lipinski definition) is 4. The SMILES string of the molecule is CCOc1ccc(C(=O)NCC(=O)OCc2ccc(C(C)(C)C)cc2)cc1. The molecule has 1 amide bonds. The average molecular weight is 369 g/mol. The first kappa shape index (κ1) is 20.5. The molecule has 0 aromatic heterocycles. The molecule has 0 radical (unpaired) electrons. The molecule has 0 aliphatic carbocycles. The van der Waals surface area contributed by atoms with Crippen molar-refractivity contribution in [3.8, 4) is 5.75 Å². The molecule has 5 nitrogen and oxygen atoms in total. The molecule has 0 fully saturated rings. The Bertz CT molecular complexity index is 758. The second kappa shape index (κ2) is 9.21. The molecule has 0 unspecified atom stereocenters. The van der Waals surface area contributed by atoms with E-state index in [9.17, 15) is 9.59 Å². The highest BCUT2D eigenvalue weighted by Crippen LogP contribution is 2.22. The maximum absolute atomic E-state index is 12.1. The first-order chi connectivity index (χ1) is 12.8. The van der Waals surface area contributed by atoms with E-state index in [0.717, 1.165) is 5.56 Å². The van der Waals surface area contributed by atoms with E-state index in [1.807, 2.05) is 31.2 Å². The maximum Gasteiger partial charge on any atom is 0.325 e. The number of nitrogens with one attached hydrogen (secondary N) is 1. The Morgan fingerprint density at radius 3 is 2.15 bits per heavy atom. The van der Waals surface area contributed by atoms with Crippen molar-refractivity contribution in [2.75, 3.05) is 13.2 Å². The van der Waals surface area contributed by atoms with Gasteiger partial charge in [0.25, 0.3) is 5.91 Å². The molecule has 0 saturated carbocycles. The third-order valence-electron chi connectivity index (χ3n) is 4.04. The van der Waals surface area contributed by atoms with Crippen LogP contribution in [-0.2, 0) is 21.6 Å². The largest absolute Gasteiger partial charge is 0.494 e. The number of rotatable bonds is 7. The Balaban J connectivity index is 1.78. The van der Waals surface area contributed by atoms with Gasteiger partial charge >= 0.3 is 5.97 Å². The smallest absolute Gasteiger partial charge is 0.325 e. The molecule has 0 bridgehead atoms. The number of carbonyl (C=O) groups excluding carboxylic acids is 2. The van der Waals surface area contributed by atoms with E-state index in [0.29, 0.717) is 17.9 Å². The number of ether oxygens (including phenoxy) is 2. The molecule has 2 aromatic rings. The fraction of sp³-hybridized carbons (Fsp3) is 0.364. The summed E-state index contributed by atoms with van der Waals surface area (Å²) in [7, 11) is 0. The fourth-order valence-corrected chi connectivity index (χ4v) is 2.44.